The van der Waals surface area contributed by atoms with E-state index in [1.54, 1.807) is 37.3 Å². The Morgan fingerprint density at radius 3 is 2.39 bits per heavy atom. The highest BCUT2D eigenvalue weighted by Gasteiger charge is 2.12. The van der Waals surface area contributed by atoms with E-state index in [-0.39, 0.29) is 19.1 Å². The number of nitrogens with zero attached hydrogens (tertiary/aromatic N) is 3. The van der Waals surface area contributed by atoms with Crippen molar-refractivity contribution < 1.29 is 15.0 Å². The van der Waals surface area contributed by atoms with Crippen molar-refractivity contribution in [3.63, 3.8) is 0 Å². The Morgan fingerprint density at radius 1 is 1.28 bits per heavy atom. The lowest BCUT2D eigenvalue weighted by molar-refractivity contribution is 0.0822. The van der Waals surface area contributed by atoms with Gasteiger partial charge in [-0.2, -0.15) is 0 Å². The molecule has 0 fully saturated rings. The number of anilines is 1. The van der Waals surface area contributed by atoms with Crippen molar-refractivity contribution >= 4 is 11.6 Å². The van der Waals surface area contributed by atoms with Crippen LogP contribution in [0.5, 0.6) is 0 Å². The van der Waals surface area contributed by atoms with E-state index in [9.17, 15) is 4.79 Å². The van der Waals surface area contributed by atoms with Crippen molar-refractivity contribution in [2.75, 3.05) is 45.3 Å². The average Bonchev–Trinajstić information content (AvgIpc) is 2.37. The lowest BCUT2D eigenvalue weighted by Gasteiger charge is -2.23. The Hall–Kier alpha value is -1.66. The van der Waals surface area contributed by atoms with Crippen LogP contribution in [0.2, 0.25) is 0 Å². The summed E-state index contributed by atoms with van der Waals surface area (Å²) in [6, 6.07) is 3.41. The first-order chi connectivity index (χ1) is 8.60. The molecule has 0 aromatic carbocycles. The zero-order valence-electron chi connectivity index (χ0n) is 10.7. The molecule has 100 valence electrons. The third-order valence-corrected chi connectivity index (χ3v) is 2.47. The van der Waals surface area contributed by atoms with Gasteiger partial charge in [-0.1, -0.05) is 0 Å². The lowest BCUT2D eigenvalue weighted by Crippen LogP contribution is -2.30. The number of hydrogen-bond donors (Lipinski definition) is 2. The van der Waals surface area contributed by atoms with Crippen LogP contribution < -0.4 is 4.90 Å². The van der Waals surface area contributed by atoms with E-state index in [1.165, 1.54) is 4.90 Å². The molecule has 0 aliphatic rings. The van der Waals surface area contributed by atoms with Gasteiger partial charge in [-0.3, -0.25) is 9.78 Å². The fraction of sp³-hybridized carbons (Fsp3) is 0.500. The summed E-state index contributed by atoms with van der Waals surface area (Å²) in [7, 11) is 3.33. The normalized spacial score (nSPS) is 10.2. The Balaban J connectivity index is 2.95. The van der Waals surface area contributed by atoms with Crippen LogP contribution >= 0.6 is 0 Å². The van der Waals surface area contributed by atoms with E-state index in [2.05, 4.69) is 4.98 Å². The number of aromatic nitrogens is 1. The molecule has 0 aliphatic carbocycles. The lowest BCUT2D eigenvalue weighted by atomic mass is 10.2. The van der Waals surface area contributed by atoms with Crippen LogP contribution in [-0.4, -0.2) is 66.4 Å². The van der Waals surface area contributed by atoms with Crippen molar-refractivity contribution in [3.8, 4) is 0 Å². The fourth-order valence-electron chi connectivity index (χ4n) is 1.57. The monoisotopic (exact) mass is 253 g/mol. The molecule has 0 radical (unpaired) electrons. The number of carbonyl (C=O) groups is 1. The highest BCUT2D eigenvalue weighted by atomic mass is 16.3. The molecule has 1 aromatic heterocycles. The molecule has 0 atom stereocenters. The van der Waals surface area contributed by atoms with Crippen molar-refractivity contribution in [2.45, 2.75) is 0 Å². The summed E-state index contributed by atoms with van der Waals surface area (Å²) in [6.45, 7) is 0.777. The third kappa shape index (κ3) is 3.68. The van der Waals surface area contributed by atoms with Crippen molar-refractivity contribution in [1.82, 2.24) is 9.88 Å². The molecule has 1 rings (SSSR count). The number of rotatable bonds is 6. The van der Waals surface area contributed by atoms with Crippen LogP contribution in [0.25, 0.3) is 0 Å². The largest absolute Gasteiger partial charge is 0.395 e. The number of aliphatic hydroxyl groups is 2. The summed E-state index contributed by atoms with van der Waals surface area (Å²) in [6.07, 6.45) is 1.55. The first-order valence-electron chi connectivity index (χ1n) is 5.74. The molecule has 0 saturated heterocycles. The third-order valence-electron chi connectivity index (χ3n) is 2.47. The summed E-state index contributed by atoms with van der Waals surface area (Å²) in [5.74, 6) is -0.176. The second-order valence-corrected chi connectivity index (χ2v) is 4.03. The van der Waals surface area contributed by atoms with Gasteiger partial charge in [-0.25, -0.2) is 0 Å². The molecule has 6 heteroatoms. The molecule has 2 N–H and O–H groups in total. The van der Waals surface area contributed by atoms with E-state index in [1.807, 2.05) is 0 Å². The molecule has 0 bridgehead atoms. The maximum Gasteiger partial charge on any atom is 0.272 e. The number of hydrogen-bond acceptors (Lipinski definition) is 5. The zero-order valence-corrected chi connectivity index (χ0v) is 10.7. The van der Waals surface area contributed by atoms with Gasteiger partial charge in [-0.15, -0.1) is 0 Å². The van der Waals surface area contributed by atoms with Crippen LogP contribution in [0.1, 0.15) is 10.5 Å². The van der Waals surface area contributed by atoms with E-state index in [0.717, 1.165) is 5.69 Å². The van der Waals surface area contributed by atoms with Gasteiger partial charge in [0, 0.05) is 39.1 Å². The standard InChI is InChI=1S/C12H19N3O3/c1-14(2)12(18)11-9-10(3-4-13-11)15(5-7-16)6-8-17/h3-4,9,16-17H,5-8H2,1-2H3. The number of amides is 1. The molecule has 1 amide bonds. The smallest absolute Gasteiger partial charge is 0.272 e. The molecular weight excluding hydrogens is 234 g/mol. The average molecular weight is 253 g/mol. The highest BCUT2D eigenvalue weighted by Crippen LogP contribution is 2.14. The van der Waals surface area contributed by atoms with Gasteiger partial charge >= 0.3 is 0 Å². The Bertz CT molecular complexity index is 390. The van der Waals surface area contributed by atoms with Gasteiger partial charge in [0.05, 0.1) is 13.2 Å². The maximum absolute atomic E-state index is 11.8. The Kier molecular flexibility index (Phi) is 5.54. The Labute approximate surface area is 106 Å². The van der Waals surface area contributed by atoms with Crippen LogP contribution in [0.4, 0.5) is 5.69 Å². The van der Waals surface area contributed by atoms with Gasteiger partial charge in [0.2, 0.25) is 0 Å². The minimum atomic E-state index is -0.176. The number of carbonyl (C=O) groups excluding carboxylic acids is 1. The Morgan fingerprint density at radius 2 is 1.89 bits per heavy atom. The van der Waals surface area contributed by atoms with Gasteiger partial charge in [-0.05, 0) is 12.1 Å². The SMILES string of the molecule is CN(C)C(=O)c1cc(N(CCO)CCO)ccn1. The minimum Gasteiger partial charge on any atom is -0.395 e. The quantitative estimate of drug-likeness (QED) is 0.719. The summed E-state index contributed by atoms with van der Waals surface area (Å²) in [5.41, 5.74) is 1.11. The molecule has 0 unspecified atom stereocenters. The van der Waals surface area contributed by atoms with Gasteiger partial charge < -0.3 is 20.0 Å². The topological polar surface area (TPSA) is 76.9 Å². The first-order valence-corrected chi connectivity index (χ1v) is 5.74. The second kappa shape index (κ2) is 6.93. The molecule has 18 heavy (non-hydrogen) atoms. The molecular formula is C12H19N3O3. The second-order valence-electron chi connectivity index (χ2n) is 4.03. The van der Waals surface area contributed by atoms with Crippen molar-refractivity contribution in [3.05, 3.63) is 24.0 Å². The van der Waals surface area contributed by atoms with Crippen LogP contribution in [0.3, 0.4) is 0 Å². The number of pyridine rings is 1. The summed E-state index contributed by atoms with van der Waals surface area (Å²) in [5, 5.41) is 18.0. The maximum atomic E-state index is 11.8. The summed E-state index contributed by atoms with van der Waals surface area (Å²) >= 11 is 0. The fourth-order valence-corrected chi connectivity index (χ4v) is 1.57. The first kappa shape index (κ1) is 14.4. The zero-order chi connectivity index (χ0) is 13.5. The van der Waals surface area contributed by atoms with Crippen molar-refractivity contribution in [2.24, 2.45) is 0 Å². The van der Waals surface area contributed by atoms with E-state index in [4.69, 9.17) is 10.2 Å². The van der Waals surface area contributed by atoms with Crippen LogP contribution in [-0.2, 0) is 0 Å². The molecule has 0 saturated carbocycles. The highest BCUT2D eigenvalue weighted by molar-refractivity contribution is 5.92. The summed E-state index contributed by atoms with van der Waals surface area (Å²) in [4.78, 5) is 19.1. The predicted molar refractivity (Wildman–Crippen MR) is 68.6 cm³/mol. The van der Waals surface area contributed by atoms with Gasteiger partial charge in [0.1, 0.15) is 5.69 Å². The van der Waals surface area contributed by atoms with Crippen LogP contribution in [0.15, 0.2) is 18.3 Å². The summed E-state index contributed by atoms with van der Waals surface area (Å²) < 4.78 is 0. The van der Waals surface area contributed by atoms with Crippen LogP contribution in [0, 0.1) is 0 Å². The molecule has 1 heterocycles. The molecule has 6 nitrogen and oxygen atoms in total. The van der Waals surface area contributed by atoms with E-state index >= 15 is 0 Å². The van der Waals surface area contributed by atoms with Crippen molar-refractivity contribution in [1.29, 1.82) is 0 Å². The van der Waals surface area contributed by atoms with E-state index < -0.39 is 0 Å². The molecule has 1 aromatic rings. The molecule has 0 spiro atoms. The predicted octanol–water partition coefficient (Wildman–Crippen LogP) is -0.426. The minimum absolute atomic E-state index is 0.0146. The van der Waals surface area contributed by atoms with Gasteiger partial charge in [0.15, 0.2) is 0 Å². The molecule has 0 aliphatic heterocycles. The van der Waals surface area contributed by atoms with Gasteiger partial charge in [0.25, 0.3) is 5.91 Å². The van der Waals surface area contributed by atoms with E-state index in [0.29, 0.717) is 18.8 Å². The number of aliphatic hydroxyl groups excluding tert-OH is 2.